The smallest absolute Gasteiger partial charge is 0.339 e. The van der Waals surface area contributed by atoms with Crippen LogP contribution >= 0.6 is 15.9 Å². The van der Waals surface area contributed by atoms with E-state index in [4.69, 9.17) is 10.5 Å². The van der Waals surface area contributed by atoms with Crippen molar-refractivity contribution in [2.24, 2.45) is 0 Å². The second-order valence-electron chi connectivity index (χ2n) is 4.33. The van der Waals surface area contributed by atoms with Gasteiger partial charge in [-0.15, -0.1) is 0 Å². The molecule has 2 aromatic heterocycles. The highest BCUT2D eigenvalue weighted by Gasteiger charge is 2.14. The van der Waals surface area contributed by atoms with Crippen molar-refractivity contribution in [1.29, 1.82) is 0 Å². The van der Waals surface area contributed by atoms with Crippen molar-refractivity contribution in [2.75, 3.05) is 12.3 Å². The zero-order chi connectivity index (χ0) is 14.3. The van der Waals surface area contributed by atoms with Gasteiger partial charge in [0.1, 0.15) is 5.82 Å². The number of hydrogen-bond donors (Lipinski definition) is 1. The van der Waals surface area contributed by atoms with Crippen LogP contribution in [0.1, 0.15) is 17.3 Å². The Balaban J connectivity index is 2.29. The van der Waals surface area contributed by atoms with E-state index in [0.29, 0.717) is 23.5 Å². The molecule has 102 valence electrons. The number of rotatable bonds is 2. The molecule has 0 saturated carbocycles. The third-order valence-corrected chi connectivity index (χ3v) is 3.52. The van der Waals surface area contributed by atoms with E-state index in [1.54, 1.807) is 19.2 Å². The van der Waals surface area contributed by atoms with Gasteiger partial charge >= 0.3 is 5.97 Å². The van der Waals surface area contributed by atoms with Crippen LogP contribution in [0.25, 0.3) is 16.6 Å². The van der Waals surface area contributed by atoms with Crippen LogP contribution in [0.2, 0.25) is 0 Å². The Labute approximate surface area is 123 Å². The first-order valence-electron chi connectivity index (χ1n) is 6.14. The number of benzene rings is 1. The van der Waals surface area contributed by atoms with Gasteiger partial charge in [0.15, 0.2) is 0 Å². The number of carbonyl (C=O) groups excluding carboxylic acids is 1. The van der Waals surface area contributed by atoms with E-state index < -0.39 is 0 Å². The first-order chi connectivity index (χ1) is 9.60. The summed E-state index contributed by atoms with van der Waals surface area (Å²) >= 11 is 3.41. The molecule has 0 unspecified atom stereocenters. The molecule has 0 aliphatic heterocycles. The van der Waals surface area contributed by atoms with Crippen LogP contribution in [0.5, 0.6) is 0 Å². The lowest BCUT2D eigenvalue weighted by Crippen LogP contribution is -2.02. The van der Waals surface area contributed by atoms with Gasteiger partial charge in [-0.3, -0.25) is 0 Å². The monoisotopic (exact) mass is 333 g/mol. The summed E-state index contributed by atoms with van der Waals surface area (Å²) in [6.45, 7) is 2.11. The number of halogens is 1. The summed E-state index contributed by atoms with van der Waals surface area (Å²) < 4.78 is 7.79. The second-order valence-corrected chi connectivity index (χ2v) is 5.25. The van der Waals surface area contributed by atoms with Gasteiger partial charge in [-0.25, -0.2) is 9.78 Å². The predicted octanol–water partition coefficient (Wildman–Crippen LogP) is 3.01. The average Bonchev–Trinajstić information content (AvgIpc) is 2.84. The Kier molecular flexibility index (Phi) is 3.10. The van der Waals surface area contributed by atoms with Crippen molar-refractivity contribution in [3.8, 4) is 0 Å². The number of aromatic nitrogens is 2. The molecule has 6 heteroatoms. The van der Waals surface area contributed by atoms with Crippen molar-refractivity contribution in [3.05, 3.63) is 40.5 Å². The number of hydrogen-bond acceptors (Lipinski definition) is 4. The minimum atomic E-state index is -0.360. The maximum Gasteiger partial charge on any atom is 0.339 e. The molecule has 3 rings (SSSR count). The summed E-state index contributed by atoms with van der Waals surface area (Å²) in [6.07, 6.45) is 1.72. The maximum atomic E-state index is 11.8. The van der Waals surface area contributed by atoms with E-state index in [-0.39, 0.29) is 5.97 Å². The molecule has 1 aromatic carbocycles. The summed E-state index contributed by atoms with van der Waals surface area (Å²) in [5.41, 5.74) is 8.77. The third-order valence-electron chi connectivity index (χ3n) is 3.03. The van der Waals surface area contributed by atoms with Crippen LogP contribution in [0.4, 0.5) is 5.82 Å². The minimum absolute atomic E-state index is 0.340. The van der Waals surface area contributed by atoms with Crippen molar-refractivity contribution in [1.82, 2.24) is 9.38 Å². The fourth-order valence-corrected chi connectivity index (χ4v) is 2.51. The van der Waals surface area contributed by atoms with Crippen LogP contribution in [-0.4, -0.2) is 22.0 Å². The van der Waals surface area contributed by atoms with E-state index in [1.165, 1.54) is 0 Å². The normalized spacial score (nSPS) is 11.1. The summed E-state index contributed by atoms with van der Waals surface area (Å²) in [4.78, 5) is 16.2. The SMILES string of the molecule is CCOC(=O)c1cc2c(N)nc3cc(Br)ccc3n2c1. The highest BCUT2D eigenvalue weighted by atomic mass is 79.9. The first-order valence-corrected chi connectivity index (χ1v) is 6.93. The zero-order valence-electron chi connectivity index (χ0n) is 10.8. The Morgan fingerprint density at radius 1 is 1.40 bits per heavy atom. The van der Waals surface area contributed by atoms with E-state index >= 15 is 0 Å². The number of carbonyl (C=O) groups is 1. The van der Waals surface area contributed by atoms with E-state index in [1.807, 2.05) is 22.6 Å². The van der Waals surface area contributed by atoms with Gasteiger partial charge in [-0.2, -0.15) is 0 Å². The maximum absolute atomic E-state index is 11.8. The number of anilines is 1. The largest absolute Gasteiger partial charge is 0.462 e. The van der Waals surface area contributed by atoms with Gasteiger partial charge in [0.25, 0.3) is 0 Å². The predicted molar refractivity (Wildman–Crippen MR) is 80.8 cm³/mol. The number of nitrogens with zero attached hydrogens (tertiary/aromatic N) is 2. The molecule has 0 bridgehead atoms. The summed E-state index contributed by atoms with van der Waals surface area (Å²) in [5, 5.41) is 0. The van der Waals surface area contributed by atoms with Gasteiger partial charge in [-0.1, -0.05) is 15.9 Å². The number of nitrogens with two attached hydrogens (primary N) is 1. The van der Waals surface area contributed by atoms with Gasteiger partial charge in [0.2, 0.25) is 0 Å². The molecular formula is C14H12BrN3O2. The lowest BCUT2D eigenvalue weighted by atomic mass is 10.3. The van der Waals surface area contributed by atoms with Gasteiger partial charge in [-0.05, 0) is 31.2 Å². The number of nitrogen functional groups attached to an aromatic ring is 1. The standard InChI is InChI=1S/C14H12BrN3O2/c1-2-20-14(19)8-5-12-13(16)17-10-6-9(15)3-4-11(10)18(12)7-8/h3-7H,2H2,1H3,(H2,16,17). The van der Waals surface area contributed by atoms with Gasteiger partial charge in [0, 0.05) is 10.7 Å². The second kappa shape index (κ2) is 4.79. The molecule has 2 N–H and O–H groups in total. The molecule has 0 amide bonds. The van der Waals surface area contributed by atoms with Crippen LogP contribution in [0.3, 0.4) is 0 Å². The number of fused-ring (bicyclic) bond motifs is 3. The quantitative estimate of drug-likeness (QED) is 0.732. The average molecular weight is 334 g/mol. The molecular weight excluding hydrogens is 322 g/mol. The van der Waals surface area contributed by atoms with E-state index in [2.05, 4.69) is 20.9 Å². The molecule has 0 atom stereocenters. The number of ether oxygens (including phenoxy) is 1. The molecule has 0 aliphatic rings. The first kappa shape index (κ1) is 12.9. The van der Waals surface area contributed by atoms with E-state index in [9.17, 15) is 4.79 Å². The molecule has 0 aliphatic carbocycles. The van der Waals surface area contributed by atoms with Crippen LogP contribution in [0, 0.1) is 0 Å². The summed E-state index contributed by atoms with van der Waals surface area (Å²) in [5.74, 6) is 0.0204. The lowest BCUT2D eigenvalue weighted by Gasteiger charge is -2.05. The minimum Gasteiger partial charge on any atom is -0.462 e. The van der Waals surface area contributed by atoms with Crippen molar-refractivity contribution < 1.29 is 9.53 Å². The Morgan fingerprint density at radius 2 is 2.20 bits per heavy atom. The van der Waals surface area contributed by atoms with Crippen molar-refractivity contribution in [3.63, 3.8) is 0 Å². The highest BCUT2D eigenvalue weighted by molar-refractivity contribution is 9.10. The molecule has 0 spiro atoms. The van der Waals surface area contributed by atoms with Crippen molar-refractivity contribution in [2.45, 2.75) is 6.92 Å². The van der Waals surface area contributed by atoms with Crippen molar-refractivity contribution >= 4 is 44.3 Å². The molecule has 20 heavy (non-hydrogen) atoms. The zero-order valence-corrected chi connectivity index (χ0v) is 12.3. The van der Waals surface area contributed by atoms with E-state index in [0.717, 1.165) is 15.5 Å². The van der Waals surface area contributed by atoms with Crippen LogP contribution in [0.15, 0.2) is 34.9 Å². The summed E-state index contributed by atoms with van der Waals surface area (Å²) in [6, 6.07) is 7.43. The lowest BCUT2D eigenvalue weighted by molar-refractivity contribution is 0.0526. The van der Waals surface area contributed by atoms with Gasteiger partial charge < -0.3 is 14.9 Å². The topological polar surface area (TPSA) is 69.6 Å². The molecule has 0 fully saturated rings. The molecule has 5 nitrogen and oxygen atoms in total. The fraction of sp³-hybridized carbons (Fsp3) is 0.143. The van der Waals surface area contributed by atoms with Gasteiger partial charge in [0.05, 0.1) is 28.7 Å². The highest BCUT2D eigenvalue weighted by Crippen LogP contribution is 2.25. The van der Waals surface area contributed by atoms with Crippen LogP contribution in [-0.2, 0) is 4.74 Å². The Hall–Kier alpha value is -2.08. The van der Waals surface area contributed by atoms with Crippen LogP contribution < -0.4 is 5.73 Å². The fourth-order valence-electron chi connectivity index (χ4n) is 2.16. The third kappa shape index (κ3) is 2.02. The Bertz CT molecular complexity index is 826. The molecule has 3 aromatic rings. The molecule has 0 saturated heterocycles. The Morgan fingerprint density at radius 3 is 2.95 bits per heavy atom. The molecule has 0 radical (unpaired) electrons. The summed E-state index contributed by atoms with van der Waals surface area (Å²) in [7, 11) is 0. The molecule has 2 heterocycles. The number of esters is 1.